The zero-order chi connectivity index (χ0) is 18.5. The van der Waals surface area contributed by atoms with Gasteiger partial charge in [-0.15, -0.1) is 0 Å². The fourth-order valence-electron chi connectivity index (χ4n) is 3.56. The zero-order valence-electron chi connectivity index (χ0n) is 15.1. The summed E-state index contributed by atoms with van der Waals surface area (Å²) >= 11 is 0. The largest absolute Gasteiger partial charge is 0.481 e. The number of rotatable bonds is 6. The molecule has 6 nitrogen and oxygen atoms in total. The monoisotopic (exact) mass is 355 g/mol. The minimum Gasteiger partial charge on any atom is -0.481 e. The Morgan fingerprint density at radius 1 is 1.27 bits per heavy atom. The number of carboxylic acid groups (broad SMARTS) is 1. The highest BCUT2D eigenvalue weighted by atomic mass is 16.4. The SMILES string of the molecule is Cc1c(C(=O)N2CCC[C@H](CCC(=O)O)C2)cnn1Cc1ccccc1. The van der Waals surface area contributed by atoms with Crippen molar-refractivity contribution in [2.45, 2.75) is 39.2 Å². The highest BCUT2D eigenvalue weighted by molar-refractivity contribution is 5.95. The highest BCUT2D eigenvalue weighted by Gasteiger charge is 2.27. The van der Waals surface area contributed by atoms with E-state index >= 15 is 0 Å². The second-order valence-electron chi connectivity index (χ2n) is 6.98. The van der Waals surface area contributed by atoms with Crippen molar-refractivity contribution >= 4 is 11.9 Å². The first-order chi connectivity index (χ1) is 12.5. The van der Waals surface area contributed by atoms with E-state index in [-0.39, 0.29) is 18.2 Å². The first kappa shape index (κ1) is 18.2. The van der Waals surface area contributed by atoms with E-state index in [0.29, 0.717) is 25.1 Å². The van der Waals surface area contributed by atoms with Gasteiger partial charge in [-0.1, -0.05) is 30.3 Å². The van der Waals surface area contributed by atoms with Crippen molar-refractivity contribution in [1.29, 1.82) is 0 Å². The Morgan fingerprint density at radius 2 is 2.04 bits per heavy atom. The number of aromatic nitrogens is 2. The van der Waals surface area contributed by atoms with Gasteiger partial charge in [0.15, 0.2) is 0 Å². The number of carboxylic acids is 1. The number of benzene rings is 1. The zero-order valence-corrected chi connectivity index (χ0v) is 15.1. The molecule has 0 saturated carbocycles. The minimum atomic E-state index is -0.772. The lowest BCUT2D eigenvalue weighted by atomic mass is 9.93. The average molecular weight is 355 g/mol. The number of hydrogen-bond acceptors (Lipinski definition) is 3. The van der Waals surface area contributed by atoms with Crippen molar-refractivity contribution in [2.24, 2.45) is 5.92 Å². The molecule has 0 bridgehead atoms. The van der Waals surface area contributed by atoms with E-state index in [0.717, 1.165) is 30.6 Å². The van der Waals surface area contributed by atoms with Crippen LogP contribution in [0.1, 0.15) is 47.3 Å². The number of carbonyl (C=O) groups excluding carboxylic acids is 1. The summed E-state index contributed by atoms with van der Waals surface area (Å²) in [6, 6.07) is 10.0. The van der Waals surface area contributed by atoms with Crippen molar-refractivity contribution in [3.8, 4) is 0 Å². The molecule has 1 aliphatic heterocycles. The number of nitrogens with zero attached hydrogens (tertiary/aromatic N) is 3. The van der Waals surface area contributed by atoms with E-state index in [9.17, 15) is 9.59 Å². The van der Waals surface area contributed by atoms with E-state index in [2.05, 4.69) is 5.10 Å². The molecular weight excluding hydrogens is 330 g/mol. The third-order valence-electron chi connectivity index (χ3n) is 5.08. The average Bonchev–Trinajstić information content (AvgIpc) is 3.01. The molecule has 1 atom stereocenters. The maximum absolute atomic E-state index is 12.9. The molecule has 0 spiro atoms. The maximum Gasteiger partial charge on any atom is 0.303 e. The van der Waals surface area contributed by atoms with Gasteiger partial charge in [0, 0.05) is 25.2 Å². The molecule has 0 radical (unpaired) electrons. The predicted molar refractivity (Wildman–Crippen MR) is 98.0 cm³/mol. The number of hydrogen-bond donors (Lipinski definition) is 1. The maximum atomic E-state index is 12.9. The van der Waals surface area contributed by atoms with Crippen LogP contribution in [0.15, 0.2) is 36.5 Å². The second kappa shape index (κ2) is 8.17. The van der Waals surface area contributed by atoms with Gasteiger partial charge in [0.2, 0.25) is 0 Å². The molecule has 6 heteroatoms. The molecule has 1 aliphatic rings. The van der Waals surface area contributed by atoms with Crippen LogP contribution in [0.3, 0.4) is 0 Å². The number of piperidine rings is 1. The van der Waals surface area contributed by atoms with E-state index in [1.54, 1.807) is 6.20 Å². The summed E-state index contributed by atoms with van der Waals surface area (Å²) in [5.74, 6) is -0.503. The molecule has 1 aromatic carbocycles. The van der Waals surface area contributed by atoms with E-state index < -0.39 is 5.97 Å². The Morgan fingerprint density at radius 3 is 2.77 bits per heavy atom. The van der Waals surface area contributed by atoms with E-state index in [1.807, 2.05) is 46.8 Å². The van der Waals surface area contributed by atoms with Crippen LogP contribution in [-0.2, 0) is 11.3 Å². The number of amides is 1. The van der Waals surface area contributed by atoms with Crippen LogP contribution in [0.5, 0.6) is 0 Å². The van der Waals surface area contributed by atoms with Crippen LogP contribution >= 0.6 is 0 Å². The smallest absolute Gasteiger partial charge is 0.303 e. The standard InChI is InChI=1S/C20H25N3O3/c1-15-18(12-21-23(15)14-16-6-3-2-4-7-16)20(26)22-11-5-8-17(13-22)9-10-19(24)25/h2-4,6-7,12,17H,5,8-11,13-14H2,1H3,(H,24,25)/t17-/m1/s1. The van der Waals surface area contributed by atoms with Crippen molar-refractivity contribution in [2.75, 3.05) is 13.1 Å². The molecule has 1 fully saturated rings. The molecule has 26 heavy (non-hydrogen) atoms. The highest BCUT2D eigenvalue weighted by Crippen LogP contribution is 2.23. The van der Waals surface area contributed by atoms with Crippen LogP contribution in [-0.4, -0.2) is 44.8 Å². The molecule has 1 amide bonds. The van der Waals surface area contributed by atoms with E-state index in [1.165, 1.54) is 0 Å². The topological polar surface area (TPSA) is 75.4 Å². The van der Waals surface area contributed by atoms with Crippen molar-refractivity contribution in [3.63, 3.8) is 0 Å². The summed E-state index contributed by atoms with van der Waals surface area (Å²) in [4.78, 5) is 25.6. The fraction of sp³-hybridized carbons (Fsp3) is 0.450. The van der Waals surface area contributed by atoms with Gasteiger partial charge in [0.1, 0.15) is 0 Å². The van der Waals surface area contributed by atoms with Gasteiger partial charge in [0.25, 0.3) is 5.91 Å². The molecule has 2 heterocycles. The number of carbonyl (C=O) groups is 2. The first-order valence-corrected chi connectivity index (χ1v) is 9.12. The third kappa shape index (κ3) is 4.31. The molecule has 1 saturated heterocycles. The fourth-order valence-corrected chi connectivity index (χ4v) is 3.56. The predicted octanol–water partition coefficient (Wildman–Crippen LogP) is 2.96. The van der Waals surface area contributed by atoms with Crippen molar-refractivity contribution in [3.05, 3.63) is 53.3 Å². The molecule has 3 rings (SSSR count). The molecule has 138 valence electrons. The number of likely N-dealkylation sites (tertiary alicyclic amines) is 1. The quantitative estimate of drug-likeness (QED) is 0.864. The van der Waals surface area contributed by atoms with E-state index in [4.69, 9.17) is 5.11 Å². The summed E-state index contributed by atoms with van der Waals surface area (Å²) < 4.78 is 1.86. The van der Waals surface area contributed by atoms with Crippen LogP contribution in [0.2, 0.25) is 0 Å². The third-order valence-corrected chi connectivity index (χ3v) is 5.08. The van der Waals surface area contributed by atoms with Crippen LogP contribution in [0.4, 0.5) is 0 Å². The van der Waals surface area contributed by atoms with Crippen molar-refractivity contribution < 1.29 is 14.7 Å². The lowest BCUT2D eigenvalue weighted by Crippen LogP contribution is -2.40. The molecule has 2 aromatic rings. The molecule has 1 N–H and O–H groups in total. The Balaban J connectivity index is 1.67. The second-order valence-corrected chi connectivity index (χ2v) is 6.98. The summed E-state index contributed by atoms with van der Waals surface area (Å²) in [5.41, 5.74) is 2.65. The Hall–Kier alpha value is -2.63. The van der Waals surface area contributed by atoms with Gasteiger partial charge in [-0.2, -0.15) is 5.10 Å². The van der Waals surface area contributed by atoms with Gasteiger partial charge in [-0.3, -0.25) is 14.3 Å². The number of aliphatic carboxylic acids is 1. The van der Waals surface area contributed by atoms with Gasteiger partial charge < -0.3 is 10.0 Å². The minimum absolute atomic E-state index is 0.00170. The van der Waals surface area contributed by atoms with Crippen molar-refractivity contribution in [1.82, 2.24) is 14.7 Å². The lowest BCUT2D eigenvalue weighted by Gasteiger charge is -2.32. The Bertz CT molecular complexity index is 770. The van der Waals surface area contributed by atoms with Crippen LogP contribution in [0.25, 0.3) is 0 Å². The Labute approximate surface area is 153 Å². The summed E-state index contributed by atoms with van der Waals surface area (Å²) in [7, 11) is 0. The molecule has 1 aromatic heterocycles. The molecular formula is C20H25N3O3. The summed E-state index contributed by atoms with van der Waals surface area (Å²) in [5, 5.41) is 13.3. The summed E-state index contributed by atoms with van der Waals surface area (Å²) in [6.07, 6.45) is 4.37. The summed E-state index contributed by atoms with van der Waals surface area (Å²) in [6.45, 7) is 3.93. The van der Waals surface area contributed by atoms with Crippen LogP contribution in [0, 0.1) is 12.8 Å². The lowest BCUT2D eigenvalue weighted by molar-refractivity contribution is -0.137. The van der Waals surface area contributed by atoms with Gasteiger partial charge in [0.05, 0.1) is 18.3 Å². The molecule has 0 unspecified atom stereocenters. The van der Waals surface area contributed by atoms with Crippen LogP contribution < -0.4 is 0 Å². The molecule has 0 aliphatic carbocycles. The van der Waals surface area contributed by atoms with Gasteiger partial charge >= 0.3 is 5.97 Å². The van der Waals surface area contributed by atoms with Gasteiger partial charge in [-0.25, -0.2) is 0 Å². The normalized spacial score (nSPS) is 17.3. The first-order valence-electron chi connectivity index (χ1n) is 9.12. The van der Waals surface area contributed by atoms with Gasteiger partial charge in [-0.05, 0) is 37.7 Å². The Kier molecular flexibility index (Phi) is 5.71.